The highest BCUT2D eigenvalue weighted by Crippen LogP contribution is 2.26. The predicted octanol–water partition coefficient (Wildman–Crippen LogP) is 4.39. The second-order valence-corrected chi connectivity index (χ2v) is 6.74. The summed E-state index contributed by atoms with van der Waals surface area (Å²) in [5, 5.41) is 8.03. The molecule has 30 heavy (non-hydrogen) atoms. The van der Waals surface area contributed by atoms with Crippen LogP contribution in [-0.4, -0.2) is 25.7 Å². The van der Waals surface area contributed by atoms with Crippen LogP contribution in [0.2, 0.25) is 0 Å². The molecule has 0 aliphatic rings. The number of aromatic nitrogens is 4. The lowest BCUT2D eigenvalue weighted by Gasteiger charge is -2.09. The number of nitrogens with one attached hydrogen (secondary N) is 1. The fourth-order valence-electron chi connectivity index (χ4n) is 3.29. The third-order valence-electron chi connectivity index (χ3n) is 4.73. The number of amides is 1. The Kier molecular flexibility index (Phi) is 4.53. The first-order valence-corrected chi connectivity index (χ1v) is 9.44. The molecule has 1 aromatic carbocycles. The van der Waals surface area contributed by atoms with Crippen molar-refractivity contribution in [3.63, 3.8) is 0 Å². The molecule has 0 saturated heterocycles. The van der Waals surface area contributed by atoms with Gasteiger partial charge in [-0.1, -0.05) is 30.3 Å². The van der Waals surface area contributed by atoms with Gasteiger partial charge in [-0.25, -0.2) is 9.67 Å². The first kappa shape index (κ1) is 17.8. The Hall–Kier alpha value is -4.26. The zero-order valence-corrected chi connectivity index (χ0v) is 15.9. The van der Waals surface area contributed by atoms with Crippen LogP contribution >= 0.6 is 0 Å². The van der Waals surface area contributed by atoms with Gasteiger partial charge < -0.3 is 9.73 Å². The van der Waals surface area contributed by atoms with Crippen molar-refractivity contribution in [2.75, 3.05) is 5.32 Å². The van der Waals surface area contributed by atoms with E-state index < -0.39 is 0 Å². The van der Waals surface area contributed by atoms with Crippen molar-refractivity contribution in [2.24, 2.45) is 0 Å². The summed E-state index contributed by atoms with van der Waals surface area (Å²) in [6.07, 6.45) is 6.55. The Morgan fingerprint density at radius 1 is 1.03 bits per heavy atom. The molecule has 0 aliphatic heterocycles. The zero-order valence-electron chi connectivity index (χ0n) is 15.9. The van der Waals surface area contributed by atoms with Gasteiger partial charge >= 0.3 is 0 Å². The van der Waals surface area contributed by atoms with Crippen molar-refractivity contribution in [3.05, 3.63) is 96.8 Å². The van der Waals surface area contributed by atoms with Crippen LogP contribution in [0.3, 0.4) is 0 Å². The number of nitrogens with zero attached hydrogens (tertiary/aromatic N) is 4. The zero-order chi connectivity index (χ0) is 20.3. The smallest absolute Gasteiger partial charge is 0.256 e. The summed E-state index contributed by atoms with van der Waals surface area (Å²) in [4.78, 5) is 22.0. The van der Waals surface area contributed by atoms with Gasteiger partial charge in [-0.15, -0.1) is 0 Å². The average Bonchev–Trinajstić information content (AvgIpc) is 3.45. The van der Waals surface area contributed by atoms with Crippen LogP contribution in [0.4, 0.5) is 5.69 Å². The maximum Gasteiger partial charge on any atom is 0.256 e. The van der Waals surface area contributed by atoms with Gasteiger partial charge in [0, 0.05) is 11.8 Å². The van der Waals surface area contributed by atoms with Gasteiger partial charge in [0.05, 0.1) is 41.0 Å². The summed E-state index contributed by atoms with van der Waals surface area (Å²) in [6, 6.07) is 18.8. The lowest BCUT2D eigenvalue weighted by atomic mass is 10.1. The summed E-state index contributed by atoms with van der Waals surface area (Å²) >= 11 is 0. The molecule has 1 amide bonds. The standard InChI is InChI=1S/C23H17N5O2/c29-23(26-17-8-4-10-24-13-17)19-12-21(16-6-2-1-3-7-16)27-22-20(19)14-25-28(22)15-18-9-5-11-30-18/h1-14H,15H2,(H,26,29). The van der Waals surface area contributed by atoms with Gasteiger partial charge in [-0.2, -0.15) is 5.10 Å². The molecule has 4 aromatic heterocycles. The van der Waals surface area contributed by atoms with Crippen LogP contribution in [0.5, 0.6) is 0 Å². The molecule has 1 N–H and O–H groups in total. The van der Waals surface area contributed by atoms with Crippen LogP contribution in [0.15, 0.2) is 89.9 Å². The average molecular weight is 395 g/mol. The van der Waals surface area contributed by atoms with E-state index in [9.17, 15) is 4.79 Å². The van der Waals surface area contributed by atoms with E-state index in [1.54, 1.807) is 47.7 Å². The lowest BCUT2D eigenvalue weighted by molar-refractivity contribution is 0.102. The molecule has 0 unspecified atom stereocenters. The van der Waals surface area contributed by atoms with Gasteiger partial charge in [0.2, 0.25) is 0 Å². The van der Waals surface area contributed by atoms with Crippen molar-refractivity contribution in [2.45, 2.75) is 6.54 Å². The first-order valence-electron chi connectivity index (χ1n) is 9.44. The number of rotatable bonds is 5. The second-order valence-electron chi connectivity index (χ2n) is 6.74. The van der Waals surface area contributed by atoms with E-state index in [0.29, 0.717) is 34.5 Å². The molecular weight excluding hydrogens is 378 g/mol. The van der Waals surface area contributed by atoms with Gasteiger partial charge in [0.1, 0.15) is 12.3 Å². The van der Waals surface area contributed by atoms with E-state index >= 15 is 0 Å². The fraction of sp³-hybridized carbons (Fsp3) is 0.0435. The van der Waals surface area contributed by atoms with Crippen molar-refractivity contribution in [3.8, 4) is 11.3 Å². The quantitative estimate of drug-likeness (QED) is 0.477. The maximum atomic E-state index is 13.1. The third kappa shape index (κ3) is 3.44. The van der Waals surface area contributed by atoms with E-state index in [-0.39, 0.29) is 5.91 Å². The number of benzene rings is 1. The summed E-state index contributed by atoms with van der Waals surface area (Å²) in [5.74, 6) is 0.512. The van der Waals surface area contributed by atoms with E-state index in [1.165, 1.54) is 0 Å². The van der Waals surface area contributed by atoms with E-state index in [0.717, 1.165) is 11.3 Å². The molecule has 5 aromatic rings. The SMILES string of the molecule is O=C(Nc1cccnc1)c1cc(-c2ccccc2)nc2c1cnn2Cc1ccco1. The van der Waals surface area contributed by atoms with Gasteiger partial charge in [0.15, 0.2) is 5.65 Å². The predicted molar refractivity (Wildman–Crippen MR) is 113 cm³/mol. The molecule has 7 heteroatoms. The summed E-state index contributed by atoms with van der Waals surface area (Å²) in [5.41, 5.74) is 3.34. The third-order valence-corrected chi connectivity index (χ3v) is 4.73. The van der Waals surface area contributed by atoms with Gasteiger partial charge in [-0.3, -0.25) is 9.78 Å². The van der Waals surface area contributed by atoms with Crippen LogP contribution in [-0.2, 0) is 6.54 Å². The number of furan rings is 1. The number of anilines is 1. The Labute approximate surface area is 172 Å². The Balaban J connectivity index is 1.62. The largest absolute Gasteiger partial charge is 0.467 e. The van der Waals surface area contributed by atoms with Gasteiger partial charge in [-0.05, 0) is 30.3 Å². The first-order chi connectivity index (χ1) is 14.8. The molecule has 0 bridgehead atoms. The van der Waals surface area contributed by atoms with E-state index in [1.807, 2.05) is 42.5 Å². The molecule has 0 fully saturated rings. The molecule has 0 radical (unpaired) electrons. The molecular formula is C23H17N5O2. The number of carbonyl (C=O) groups is 1. The highest BCUT2D eigenvalue weighted by Gasteiger charge is 2.18. The summed E-state index contributed by atoms with van der Waals surface area (Å²) in [6.45, 7) is 0.422. The Morgan fingerprint density at radius 3 is 2.70 bits per heavy atom. The number of hydrogen-bond donors (Lipinski definition) is 1. The van der Waals surface area contributed by atoms with Crippen LogP contribution < -0.4 is 5.32 Å². The summed E-state index contributed by atoms with van der Waals surface area (Å²) < 4.78 is 7.19. The molecule has 7 nitrogen and oxygen atoms in total. The van der Waals surface area contributed by atoms with E-state index in [4.69, 9.17) is 9.40 Å². The number of hydrogen-bond acceptors (Lipinski definition) is 5. The minimum absolute atomic E-state index is 0.245. The van der Waals surface area contributed by atoms with Crippen molar-refractivity contribution < 1.29 is 9.21 Å². The minimum atomic E-state index is -0.245. The molecule has 146 valence electrons. The fourth-order valence-corrected chi connectivity index (χ4v) is 3.29. The van der Waals surface area contributed by atoms with Crippen molar-refractivity contribution in [1.82, 2.24) is 19.7 Å². The Bertz CT molecular complexity index is 1300. The molecule has 0 atom stereocenters. The molecule has 0 saturated carbocycles. The lowest BCUT2D eigenvalue weighted by Crippen LogP contribution is -2.13. The second kappa shape index (κ2) is 7.63. The monoisotopic (exact) mass is 395 g/mol. The molecule has 0 aliphatic carbocycles. The summed E-state index contributed by atoms with van der Waals surface area (Å²) in [7, 11) is 0. The van der Waals surface area contributed by atoms with Crippen molar-refractivity contribution in [1.29, 1.82) is 0 Å². The minimum Gasteiger partial charge on any atom is -0.467 e. The van der Waals surface area contributed by atoms with Crippen molar-refractivity contribution >= 4 is 22.6 Å². The van der Waals surface area contributed by atoms with E-state index in [2.05, 4.69) is 15.4 Å². The highest BCUT2D eigenvalue weighted by molar-refractivity contribution is 6.12. The van der Waals surface area contributed by atoms with Crippen LogP contribution in [0, 0.1) is 0 Å². The molecule has 0 spiro atoms. The Morgan fingerprint density at radius 2 is 1.93 bits per heavy atom. The number of pyridine rings is 2. The maximum absolute atomic E-state index is 13.1. The molecule has 5 rings (SSSR count). The molecule has 4 heterocycles. The number of fused-ring (bicyclic) bond motifs is 1. The highest BCUT2D eigenvalue weighted by atomic mass is 16.3. The topological polar surface area (TPSA) is 85.8 Å². The van der Waals surface area contributed by atoms with Crippen LogP contribution in [0.25, 0.3) is 22.3 Å². The van der Waals surface area contributed by atoms with Crippen LogP contribution in [0.1, 0.15) is 16.1 Å². The normalized spacial score (nSPS) is 10.9. The van der Waals surface area contributed by atoms with Gasteiger partial charge in [0.25, 0.3) is 5.91 Å². The number of carbonyl (C=O) groups excluding carboxylic acids is 1.